The summed E-state index contributed by atoms with van der Waals surface area (Å²) in [6.45, 7) is 4.35. The Bertz CT molecular complexity index is 33.2. The lowest BCUT2D eigenvalue weighted by Gasteiger charge is -1.98. The van der Waals surface area contributed by atoms with Crippen molar-refractivity contribution in [1.82, 2.24) is 0 Å². The van der Waals surface area contributed by atoms with Gasteiger partial charge in [-0.15, -0.1) is 0 Å². The predicted molar refractivity (Wildman–Crippen MR) is 37.6 cm³/mol. The second-order valence-corrected chi connectivity index (χ2v) is 2.94. The SMILES string of the molecule is CSCC[C](C)C. The van der Waals surface area contributed by atoms with Crippen molar-refractivity contribution >= 4 is 11.8 Å². The van der Waals surface area contributed by atoms with Crippen molar-refractivity contribution in [2.75, 3.05) is 12.0 Å². The summed E-state index contributed by atoms with van der Waals surface area (Å²) in [6.07, 6.45) is 3.42. The summed E-state index contributed by atoms with van der Waals surface area (Å²) in [4.78, 5) is 0. The first kappa shape index (κ1) is 7.35. The summed E-state index contributed by atoms with van der Waals surface area (Å²) in [6, 6.07) is 0. The molecule has 0 heterocycles. The van der Waals surface area contributed by atoms with E-state index >= 15 is 0 Å². The standard InChI is InChI=1S/C6H13S/c1-6(2)4-5-7-3/h4-5H2,1-3H3. The minimum Gasteiger partial charge on any atom is -0.165 e. The van der Waals surface area contributed by atoms with Crippen molar-refractivity contribution in [1.29, 1.82) is 0 Å². The topological polar surface area (TPSA) is 0 Å². The second-order valence-electron chi connectivity index (χ2n) is 1.95. The first-order valence-corrected chi connectivity index (χ1v) is 3.94. The number of hydrogen-bond donors (Lipinski definition) is 0. The van der Waals surface area contributed by atoms with Gasteiger partial charge in [0.15, 0.2) is 0 Å². The third kappa shape index (κ3) is 6.35. The van der Waals surface area contributed by atoms with Crippen LogP contribution in [-0.4, -0.2) is 12.0 Å². The van der Waals surface area contributed by atoms with Crippen molar-refractivity contribution in [3.05, 3.63) is 5.92 Å². The molecule has 0 aromatic heterocycles. The first-order chi connectivity index (χ1) is 3.27. The Morgan fingerprint density at radius 3 is 2.14 bits per heavy atom. The summed E-state index contributed by atoms with van der Waals surface area (Å²) in [5, 5.41) is 0. The van der Waals surface area contributed by atoms with Crippen LogP contribution in [0, 0.1) is 5.92 Å². The van der Waals surface area contributed by atoms with Crippen LogP contribution in [0.1, 0.15) is 20.3 Å². The van der Waals surface area contributed by atoms with Gasteiger partial charge in [0.2, 0.25) is 0 Å². The highest BCUT2D eigenvalue weighted by Gasteiger charge is 1.89. The zero-order chi connectivity index (χ0) is 5.70. The van der Waals surface area contributed by atoms with Crippen LogP contribution < -0.4 is 0 Å². The molecule has 0 aliphatic rings. The Morgan fingerprint density at radius 2 is 2.00 bits per heavy atom. The third-order valence-electron chi connectivity index (χ3n) is 0.806. The maximum absolute atomic E-state index is 2.18. The summed E-state index contributed by atoms with van der Waals surface area (Å²) >= 11 is 1.91. The van der Waals surface area contributed by atoms with Crippen molar-refractivity contribution in [2.45, 2.75) is 20.3 Å². The highest BCUT2D eigenvalue weighted by atomic mass is 32.2. The maximum atomic E-state index is 2.18. The summed E-state index contributed by atoms with van der Waals surface area (Å²) in [5.74, 6) is 2.82. The maximum Gasteiger partial charge on any atom is -0.00650 e. The van der Waals surface area contributed by atoms with Crippen LogP contribution in [0.25, 0.3) is 0 Å². The molecule has 0 aliphatic carbocycles. The highest BCUT2D eigenvalue weighted by molar-refractivity contribution is 7.98. The van der Waals surface area contributed by atoms with Gasteiger partial charge >= 0.3 is 0 Å². The largest absolute Gasteiger partial charge is 0.165 e. The molecule has 0 aromatic carbocycles. The zero-order valence-electron chi connectivity index (χ0n) is 5.32. The molecule has 7 heavy (non-hydrogen) atoms. The van der Waals surface area contributed by atoms with Crippen molar-refractivity contribution in [3.63, 3.8) is 0 Å². The van der Waals surface area contributed by atoms with Crippen LogP contribution in [0.4, 0.5) is 0 Å². The van der Waals surface area contributed by atoms with E-state index in [2.05, 4.69) is 20.1 Å². The molecule has 0 spiro atoms. The van der Waals surface area contributed by atoms with E-state index < -0.39 is 0 Å². The summed E-state index contributed by atoms with van der Waals surface area (Å²) < 4.78 is 0. The highest BCUT2D eigenvalue weighted by Crippen LogP contribution is 2.06. The molecule has 0 atom stereocenters. The lowest BCUT2D eigenvalue weighted by atomic mass is 10.2. The first-order valence-electron chi connectivity index (χ1n) is 2.55. The lowest BCUT2D eigenvalue weighted by Crippen LogP contribution is -1.84. The predicted octanol–water partition coefficient (Wildman–Crippen LogP) is 2.35. The van der Waals surface area contributed by atoms with Gasteiger partial charge in [0, 0.05) is 0 Å². The minimum absolute atomic E-state index is 1.28. The van der Waals surface area contributed by atoms with E-state index in [1.165, 1.54) is 18.1 Å². The molecule has 0 N–H and O–H groups in total. The van der Waals surface area contributed by atoms with Crippen molar-refractivity contribution < 1.29 is 0 Å². The molecular formula is C6H13S. The van der Waals surface area contributed by atoms with E-state index in [-0.39, 0.29) is 0 Å². The van der Waals surface area contributed by atoms with Gasteiger partial charge in [0.25, 0.3) is 0 Å². The number of rotatable bonds is 3. The molecular weight excluding hydrogens is 104 g/mol. The van der Waals surface area contributed by atoms with Crippen LogP contribution >= 0.6 is 11.8 Å². The Hall–Kier alpha value is 0.350. The van der Waals surface area contributed by atoms with Crippen LogP contribution in [-0.2, 0) is 0 Å². The van der Waals surface area contributed by atoms with Gasteiger partial charge in [-0.2, -0.15) is 11.8 Å². The van der Waals surface area contributed by atoms with E-state index in [0.29, 0.717) is 0 Å². The summed E-state index contributed by atoms with van der Waals surface area (Å²) in [7, 11) is 0. The number of hydrogen-bond acceptors (Lipinski definition) is 1. The number of thioether (sulfide) groups is 1. The van der Waals surface area contributed by atoms with Crippen LogP contribution in [0.2, 0.25) is 0 Å². The lowest BCUT2D eigenvalue weighted by molar-refractivity contribution is 0.934. The fourth-order valence-electron chi connectivity index (χ4n) is 0.306. The molecule has 43 valence electrons. The Balaban J connectivity index is 2.68. The molecule has 1 radical (unpaired) electrons. The molecule has 0 aromatic rings. The normalized spacial score (nSPS) is 10.3. The van der Waals surface area contributed by atoms with Gasteiger partial charge in [-0.3, -0.25) is 0 Å². The quantitative estimate of drug-likeness (QED) is 0.547. The van der Waals surface area contributed by atoms with Crippen molar-refractivity contribution in [3.8, 4) is 0 Å². The fraction of sp³-hybridized carbons (Fsp3) is 0.833. The molecule has 0 unspecified atom stereocenters. The Morgan fingerprint density at radius 1 is 1.43 bits per heavy atom. The average molecular weight is 117 g/mol. The van der Waals surface area contributed by atoms with E-state index in [1.807, 2.05) is 11.8 Å². The molecule has 0 saturated carbocycles. The fourth-order valence-corrected chi connectivity index (χ4v) is 0.919. The van der Waals surface area contributed by atoms with Gasteiger partial charge < -0.3 is 0 Å². The van der Waals surface area contributed by atoms with E-state index in [1.54, 1.807) is 0 Å². The molecule has 0 fully saturated rings. The molecule has 0 saturated heterocycles. The Labute approximate surface area is 50.7 Å². The zero-order valence-corrected chi connectivity index (χ0v) is 6.14. The molecule has 0 nitrogen and oxygen atoms in total. The van der Waals surface area contributed by atoms with Gasteiger partial charge in [-0.1, -0.05) is 13.8 Å². The Kier molecular flexibility index (Phi) is 4.73. The van der Waals surface area contributed by atoms with Gasteiger partial charge in [-0.25, -0.2) is 0 Å². The summed E-state index contributed by atoms with van der Waals surface area (Å²) in [5.41, 5.74) is 0. The van der Waals surface area contributed by atoms with Gasteiger partial charge in [0.1, 0.15) is 0 Å². The minimum atomic E-state index is 1.28. The van der Waals surface area contributed by atoms with Gasteiger partial charge in [0.05, 0.1) is 0 Å². The molecule has 1 heteroatoms. The van der Waals surface area contributed by atoms with E-state index in [4.69, 9.17) is 0 Å². The van der Waals surface area contributed by atoms with Gasteiger partial charge in [-0.05, 0) is 24.3 Å². The second kappa shape index (κ2) is 4.51. The molecule has 0 amide bonds. The molecule has 0 rings (SSSR count). The van der Waals surface area contributed by atoms with E-state index in [9.17, 15) is 0 Å². The monoisotopic (exact) mass is 117 g/mol. The van der Waals surface area contributed by atoms with Crippen LogP contribution in [0.3, 0.4) is 0 Å². The van der Waals surface area contributed by atoms with E-state index in [0.717, 1.165) is 0 Å². The average Bonchev–Trinajstić information content (AvgIpc) is 1.61. The van der Waals surface area contributed by atoms with Crippen molar-refractivity contribution in [2.24, 2.45) is 0 Å². The molecule has 0 bridgehead atoms. The smallest absolute Gasteiger partial charge is 0.00650 e. The molecule has 0 aliphatic heterocycles. The van der Waals surface area contributed by atoms with Crippen LogP contribution in [0.15, 0.2) is 0 Å². The third-order valence-corrected chi connectivity index (χ3v) is 1.42. The van der Waals surface area contributed by atoms with Crippen LogP contribution in [0.5, 0.6) is 0 Å².